The van der Waals surface area contributed by atoms with Crippen LogP contribution < -0.4 is 4.74 Å². The van der Waals surface area contributed by atoms with Crippen molar-refractivity contribution in [2.75, 3.05) is 13.7 Å². The molecular weight excluding hydrogens is 250 g/mol. The Morgan fingerprint density at radius 1 is 1.20 bits per heavy atom. The first kappa shape index (κ1) is 13.7. The van der Waals surface area contributed by atoms with Gasteiger partial charge in [0.25, 0.3) is 0 Å². The smallest absolute Gasteiger partial charge is 0.162 e. The molecule has 1 saturated heterocycles. The summed E-state index contributed by atoms with van der Waals surface area (Å²) >= 11 is 0. The topological polar surface area (TPSA) is 32.7 Å². The van der Waals surface area contributed by atoms with E-state index in [9.17, 15) is 5.11 Å². The number of rotatable bonds is 4. The lowest BCUT2D eigenvalue weighted by molar-refractivity contribution is 0.181. The summed E-state index contributed by atoms with van der Waals surface area (Å²) in [5, 5.41) is 10.2. The van der Waals surface area contributed by atoms with E-state index in [0.717, 1.165) is 30.6 Å². The highest BCUT2D eigenvalue weighted by Crippen LogP contribution is 2.37. The molecule has 3 rings (SSSR count). The lowest BCUT2D eigenvalue weighted by Gasteiger charge is -2.29. The summed E-state index contributed by atoms with van der Waals surface area (Å²) in [6, 6.07) is 6.52. The zero-order valence-corrected chi connectivity index (χ0v) is 12.3. The molecule has 1 aliphatic heterocycles. The van der Waals surface area contributed by atoms with Crippen LogP contribution in [-0.4, -0.2) is 29.7 Å². The molecule has 0 bridgehead atoms. The van der Waals surface area contributed by atoms with E-state index < -0.39 is 0 Å². The zero-order valence-electron chi connectivity index (χ0n) is 12.3. The van der Waals surface area contributed by atoms with Crippen LogP contribution in [-0.2, 0) is 6.54 Å². The molecule has 1 heterocycles. The molecule has 1 unspecified atom stereocenters. The van der Waals surface area contributed by atoms with Gasteiger partial charge in [0.15, 0.2) is 11.5 Å². The highest BCUT2D eigenvalue weighted by atomic mass is 16.5. The molecule has 0 aromatic heterocycles. The van der Waals surface area contributed by atoms with Crippen molar-refractivity contribution in [1.82, 2.24) is 4.90 Å². The van der Waals surface area contributed by atoms with Crippen LogP contribution in [0, 0.1) is 5.92 Å². The summed E-state index contributed by atoms with van der Waals surface area (Å²) in [4.78, 5) is 2.57. The van der Waals surface area contributed by atoms with E-state index in [1.807, 2.05) is 18.2 Å². The minimum Gasteiger partial charge on any atom is -0.504 e. The van der Waals surface area contributed by atoms with E-state index in [1.54, 1.807) is 7.11 Å². The van der Waals surface area contributed by atoms with Gasteiger partial charge in [0, 0.05) is 18.2 Å². The number of phenolic OH excluding ortho intramolecular Hbond substituents is 1. The summed E-state index contributed by atoms with van der Waals surface area (Å²) in [7, 11) is 1.61. The van der Waals surface area contributed by atoms with Crippen molar-refractivity contribution in [2.45, 2.75) is 51.1 Å². The second-order valence-electron chi connectivity index (χ2n) is 6.19. The maximum Gasteiger partial charge on any atom is 0.162 e. The number of para-hydroxylation sites is 1. The van der Waals surface area contributed by atoms with Gasteiger partial charge in [0.05, 0.1) is 7.11 Å². The van der Waals surface area contributed by atoms with E-state index in [2.05, 4.69) is 4.90 Å². The lowest BCUT2D eigenvalue weighted by Crippen LogP contribution is -2.34. The second kappa shape index (κ2) is 6.04. The minimum absolute atomic E-state index is 0.312. The van der Waals surface area contributed by atoms with E-state index >= 15 is 0 Å². The van der Waals surface area contributed by atoms with Gasteiger partial charge >= 0.3 is 0 Å². The number of benzene rings is 1. The van der Waals surface area contributed by atoms with E-state index in [0.29, 0.717) is 11.5 Å². The van der Waals surface area contributed by atoms with Crippen molar-refractivity contribution in [3.63, 3.8) is 0 Å². The number of methoxy groups -OCH3 is 1. The third kappa shape index (κ3) is 2.64. The van der Waals surface area contributed by atoms with Crippen molar-refractivity contribution >= 4 is 0 Å². The van der Waals surface area contributed by atoms with Crippen LogP contribution in [0.25, 0.3) is 0 Å². The highest BCUT2D eigenvalue weighted by Gasteiger charge is 2.33. The Labute approximate surface area is 121 Å². The summed E-state index contributed by atoms with van der Waals surface area (Å²) in [5.41, 5.74) is 0.995. The van der Waals surface area contributed by atoms with Gasteiger partial charge in [-0.25, -0.2) is 0 Å². The van der Waals surface area contributed by atoms with Gasteiger partial charge in [-0.05, 0) is 44.2 Å². The molecule has 3 heteroatoms. The number of aromatic hydroxyl groups is 1. The van der Waals surface area contributed by atoms with Crippen molar-refractivity contribution < 1.29 is 9.84 Å². The third-order valence-corrected chi connectivity index (χ3v) is 5.03. The molecule has 2 fully saturated rings. The molecule has 1 aromatic carbocycles. The molecule has 0 amide bonds. The predicted molar refractivity (Wildman–Crippen MR) is 80.0 cm³/mol. The fourth-order valence-electron chi connectivity index (χ4n) is 4.00. The summed E-state index contributed by atoms with van der Waals surface area (Å²) in [6.07, 6.45) is 8.22. The molecule has 3 nitrogen and oxygen atoms in total. The second-order valence-corrected chi connectivity index (χ2v) is 6.19. The Hall–Kier alpha value is -1.22. The number of phenols is 1. The first-order valence-corrected chi connectivity index (χ1v) is 7.88. The van der Waals surface area contributed by atoms with E-state index in [4.69, 9.17) is 4.74 Å². The van der Waals surface area contributed by atoms with Crippen molar-refractivity contribution in [3.05, 3.63) is 23.8 Å². The third-order valence-electron chi connectivity index (χ3n) is 5.03. The van der Waals surface area contributed by atoms with Crippen LogP contribution in [0.4, 0.5) is 0 Å². The van der Waals surface area contributed by atoms with Gasteiger partial charge in [0.2, 0.25) is 0 Å². The Bertz CT molecular complexity index is 454. The maximum absolute atomic E-state index is 10.2. The maximum atomic E-state index is 10.2. The number of likely N-dealkylation sites (tertiary alicyclic amines) is 1. The quantitative estimate of drug-likeness (QED) is 0.912. The molecule has 1 atom stereocenters. The van der Waals surface area contributed by atoms with Crippen LogP contribution in [0.3, 0.4) is 0 Å². The van der Waals surface area contributed by atoms with Crippen LogP contribution >= 0.6 is 0 Å². The SMILES string of the molecule is COc1cccc(CN2CCCC2C2CCCC2)c1O. The Morgan fingerprint density at radius 3 is 2.75 bits per heavy atom. The largest absolute Gasteiger partial charge is 0.504 e. The molecular formula is C17H25NO2. The molecule has 0 radical (unpaired) electrons. The lowest BCUT2D eigenvalue weighted by atomic mass is 9.95. The predicted octanol–water partition coefficient (Wildman–Crippen LogP) is 3.56. The fraction of sp³-hybridized carbons (Fsp3) is 0.647. The summed E-state index contributed by atoms with van der Waals surface area (Å²) in [6.45, 7) is 2.02. The van der Waals surface area contributed by atoms with Crippen LogP contribution in [0.1, 0.15) is 44.1 Å². The monoisotopic (exact) mass is 275 g/mol. The Kier molecular flexibility index (Phi) is 4.16. The molecule has 1 N–H and O–H groups in total. The number of hydrogen-bond donors (Lipinski definition) is 1. The molecule has 1 saturated carbocycles. The first-order valence-electron chi connectivity index (χ1n) is 7.88. The van der Waals surface area contributed by atoms with Gasteiger partial charge in [-0.3, -0.25) is 4.90 Å². The molecule has 0 spiro atoms. The number of nitrogens with zero attached hydrogens (tertiary/aromatic N) is 1. The molecule has 2 aliphatic rings. The standard InChI is InChI=1S/C17H25NO2/c1-20-16-10-4-8-14(17(16)19)12-18-11-5-9-15(18)13-6-2-3-7-13/h4,8,10,13,15,19H,2-3,5-7,9,11-12H2,1H3. The Morgan fingerprint density at radius 2 is 2.00 bits per heavy atom. The summed E-state index contributed by atoms with van der Waals surface area (Å²) in [5.74, 6) is 1.77. The van der Waals surface area contributed by atoms with E-state index in [-0.39, 0.29) is 0 Å². The van der Waals surface area contributed by atoms with Crippen LogP contribution in [0.5, 0.6) is 11.5 Å². The van der Waals surface area contributed by atoms with Gasteiger partial charge in [0.1, 0.15) is 0 Å². The number of hydrogen-bond acceptors (Lipinski definition) is 3. The van der Waals surface area contributed by atoms with Gasteiger partial charge in [-0.2, -0.15) is 0 Å². The molecule has 110 valence electrons. The average Bonchev–Trinajstić information content (AvgIpc) is 3.11. The molecule has 1 aromatic rings. The van der Waals surface area contributed by atoms with Crippen LogP contribution in [0.2, 0.25) is 0 Å². The minimum atomic E-state index is 0.312. The number of ether oxygens (including phenoxy) is 1. The van der Waals surface area contributed by atoms with Gasteiger partial charge in [-0.1, -0.05) is 25.0 Å². The van der Waals surface area contributed by atoms with Crippen LogP contribution in [0.15, 0.2) is 18.2 Å². The van der Waals surface area contributed by atoms with E-state index in [1.165, 1.54) is 38.5 Å². The van der Waals surface area contributed by atoms with Crippen molar-refractivity contribution in [2.24, 2.45) is 5.92 Å². The Balaban J connectivity index is 1.73. The summed E-state index contributed by atoms with van der Waals surface area (Å²) < 4.78 is 5.21. The normalized spacial score (nSPS) is 24.4. The average molecular weight is 275 g/mol. The fourth-order valence-corrected chi connectivity index (χ4v) is 4.00. The molecule has 1 aliphatic carbocycles. The first-order chi connectivity index (χ1) is 9.79. The molecule has 20 heavy (non-hydrogen) atoms. The van der Waals surface area contributed by atoms with Gasteiger partial charge < -0.3 is 9.84 Å². The van der Waals surface area contributed by atoms with Crippen molar-refractivity contribution in [3.8, 4) is 11.5 Å². The van der Waals surface area contributed by atoms with Crippen molar-refractivity contribution in [1.29, 1.82) is 0 Å². The van der Waals surface area contributed by atoms with Gasteiger partial charge in [-0.15, -0.1) is 0 Å². The zero-order chi connectivity index (χ0) is 13.9. The highest BCUT2D eigenvalue weighted by molar-refractivity contribution is 5.45.